The van der Waals surface area contributed by atoms with Crippen molar-refractivity contribution in [1.29, 1.82) is 0 Å². The number of non-ortho nitro benzene ring substituents is 1. The van der Waals surface area contributed by atoms with E-state index < -0.39 is 35.1 Å². The molecular weight excluding hydrogens is 450 g/mol. The van der Waals surface area contributed by atoms with Crippen LogP contribution in [-0.4, -0.2) is 40.1 Å². The average Bonchev–Trinajstić information content (AvgIpc) is 3.27. The van der Waals surface area contributed by atoms with Crippen LogP contribution in [0.15, 0.2) is 53.9 Å². The van der Waals surface area contributed by atoms with Gasteiger partial charge in [0.15, 0.2) is 22.7 Å². The molecule has 1 amide bonds. The molecule has 0 aliphatic carbocycles. The summed E-state index contributed by atoms with van der Waals surface area (Å²) < 4.78 is 16.7. The second kappa shape index (κ2) is 9.25. The average molecular weight is 469 g/mol. The van der Waals surface area contributed by atoms with Crippen LogP contribution in [0.2, 0.25) is 0 Å². The number of esters is 1. The molecule has 0 bridgehead atoms. The molecule has 0 spiro atoms. The van der Waals surface area contributed by atoms with Crippen LogP contribution in [0.5, 0.6) is 11.5 Å². The molecule has 3 unspecified atom stereocenters. The molecule has 3 atom stereocenters. The maximum atomic E-state index is 12.6. The molecule has 11 heteroatoms. The van der Waals surface area contributed by atoms with Crippen LogP contribution in [0.25, 0.3) is 11.3 Å². The number of rotatable bonds is 6. The van der Waals surface area contributed by atoms with E-state index in [9.17, 15) is 19.7 Å². The zero-order valence-electron chi connectivity index (χ0n) is 17.6. The van der Waals surface area contributed by atoms with Gasteiger partial charge in [0, 0.05) is 23.1 Å². The number of carbonyl (C=O) groups excluding carboxylic acids is 2. The Balaban J connectivity index is 1.37. The van der Waals surface area contributed by atoms with E-state index in [1.54, 1.807) is 48.7 Å². The molecule has 0 radical (unpaired) electrons. The van der Waals surface area contributed by atoms with E-state index in [-0.39, 0.29) is 10.8 Å². The minimum atomic E-state index is -1.12. The zero-order chi connectivity index (χ0) is 23.5. The highest BCUT2D eigenvalue weighted by Gasteiger charge is 2.37. The lowest BCUT2D eigenvalue weighted by Gasteiger charge is -2.30. The van der Waals surface area contributed by atoms with Crippen molar-refractivity contribution < 1.29 is 28.7 Å². The standard InChI is InChI=1S/C22H19N3O7S/c1-12-19(32-18-9-4-3-8-17(18)30-12)21(27)31-13(2)20(26)24-22-23-16(11-33-22)14-6-5-7-15(10-14)25(28)29/h3-13,19H,1-2H3,(H,23,24,26). The summed E-state index contributed by atoms with van der Waals surface area (Å²) in [7, 11) is 0. The van der Waals surface area contributed by atoms with Gasteiger partial charge < -0.3 is 14.2 Å². The van der Waals surface area contributed by atoms with E-state index in [4.69, 9.17) is 14.2 Å². The van der Waals surface area contributed by atoms with Crippen molar-refractivity contribution in [3.05, 3.63) is 64.0 Å². The number of anilines is 1. The molecule has 1 aromatic heterocycles. The molecule has 2 aromatic carbocycles. The second-order valence-corrected chi connectivity index (χ2v) is 8.08. The first-order valence-electron chi connectivity index (χ1n) is 9.96. The Morgan fingerprint density at radius 3 is 2.64 bits per heavy atom. The van der Waals surface area contributed by atoms with E-state index >= 15 is 0 Å². The molecule has 10 nitrogen and oxygen atoms in total. The fourth-order valence-corrected chi connectivity index (χ4v) is 3.85. The minimum Gasteiger partial charge on any atom is -0.482 e. The normalized spacial score (nSPS) is 17.6. The lowest BCUT2D eigenvalue weighted by molar-refractivity contribution is -0.384. The zero-order valence-corrected chi connectivity index (χ0v) is 18.4. The van der Waals surface area contributed by atoms with Crippen LogP contribution in [0, 0.1) is 10.1 Å². The van der Waals surface area contributed by atoms with Crippen molar-refractivity contribution in [3.8, 4) is 22.8 Å². The smallest absolute Gasteiger partial charge is 0.352 e. The third-order valence-corrected chi connectivity index (χ3v) is 5.58. The van der Waals surface area contributed by atoms with Crippen molar-refractivity contribution in [3.63, 3.8) is 0 Å². The maximum absolute atomic E-state index is 12.6. The van der Waals surface area contributed by atoms with Crippen LogP contribution in [-0.2, 0) is 14.3 Å². The summed E-state index contributed by atoms with van der Waals surface area (Å²) in [5, 5.41) is 15.5. The molecule has 0 saturated carbocycles. The first-order valence-corrected chi connectivity index (χ1v) is 10.8. The summed E-state index contributed by atoms with van der Waals surface area (Å²) >= 11 is 1.15. The molecule has 0 fully saturated rings. The van der Waals surface area contributed by atoms with E-state index in [1.165, 1.54) is 19.1 Å². The lowest BCUT2D eigenvalue weighted by Crippen LogP contribution is -2.46. The van der Waals surface area contributed by atoms with Gasteiger partial charge in [0.2, 0.25) is 6.10 Å². The predicted octanol–water partition coefficient (Wildman–Crippen LogP) is 3.82. The third-order valence-electron chi connectivity index (χ3n) is 4.82. The van der Waals surface area contributed by atoms with Crippen molar-refractivity contribution >= 4 is 34.0 Å². The first-order chi connectivity index (χ1) is 15.8. The number of fused-ring (bicyclic) bond motifs is 1. The fraction of sp³-hybridized carbons (Fsp3) is 0.227. The van der Waals surface area contributed by atoms with Crippen molar-refractivity contribution in [2.24, 2.45) is 0 Å². The Bertz CT molecular complexity index is 1210. The SMILES string of the molecule is CC(OC(=O)C1Oc2ccccc2OC1C)C(=O)Nc1nc(-c2cccc([N+](=O)[O-])c2)cs1. The summed E-state index contributed by atoms with van der Waals surface area (Å²) in [5.41, 5.74) is 0.963. The van der Waals surface area contributed by atoms with Crippen molar-refractivity contribution in [2.75, 3.05) is 5.32 Å². The molecule has 0 saturated heterocycles. The van der Waals surface area contributed by atoms with Gasteiger partial charge >= 0.3 is 5.97 Å². The highest BCUT2D eigenvalue weighted by Crippen LogP contribution is 2.34. The number of nitro benzene ring substituents is 1. The monoisotopic (exact) mass is 469 g/mol. The Labute approximate surface area is 192 Å². The number of nitro groups is 1. The summed E-state index contributed by atoms with van der Waals surface area (Å²) in [4.78, 5) is 39.9. The number of nitrogens with zero attached hydrogens (tertiary/aromatic N) is 2. The van der Waals surface area contributed by atoms with E-state index in [1.807, 2.05) is 0 Å². The molecule has 170 valence electrons. The van der Waals surface area contributed by atoms with Gasteiger partial charge in [0.1, 0.15) is 6.10 Å². The summed E-state index contributed by atoms with van der Waals surface area (Å²) in [5.74, 6) is -0.349. The number of nitrogens with one attached hydrogen (secondary N) is 1. The maximum Gasteiger partial charge on any atom is 0.352 e. The minimum absolute atomic E-state index is 0.0580. The van der Waals surface area contributed by atoms with Crippen molar-refractivity contribution in [2.45, 2.75) is 32.2 Å². The highest BCUT2D eigenvalue weighted by molar-refractivity contribution is 7.14. The van der Waals surface area contributed by atoms with Crippen LogP contribution in [0.1, 0.15) is 13.8 Å². The van der Waals surface area contributed by atoms with Gasteiger partial charge in [-0.3, -0.25) is 20.2 Å². The first kappa shape index (κ1) is 22.2. The molecule has 4 rings (SSSR count). The quantitative estimate of drug-likeness (QED) is 0.328. The van der Waals surface area contributed by atoms with Crippen LogP contribution < -0.4 is 14.8 Å². The predicted molar refractivity (Wildman–Crippen MR) is 119 cm³/mol. The Morgan fingerprint density at radius 2 is 1.91 bits per heavy atom. The topological polar surface area (TPSA) is 130 Å². The molecular formula is C22H19N3O7S. The third kappa shape index (κ3) is 4.93. The van der Waals surface area contributed by atoms with E-state index in [0.29, 0.717) is 22.8 Å². The van der Waals surface area contributed by atoms with Gasteiger partial charge in [0.05, 0.1) is 10.6 Å². The van der Waals surface area contributed by atoms with E-state index in [2.05, 4.69) is 10.3 Å². The van der Waals surface area contributed by atoms with Gasteiger partial charge in [-0.05, 0) is 26.0 Å². The van der Waals surface area contributed by atoms with Gasteiger partial charge in [-0.15, -0.1) is 11.3 Å². The second-order valence-electron chi connectivity index (χ2n) is 7.22. The number of carbonyl (C=O) groups is 2. The summed E-state index contributed by atoms with van der Waals surface area (Å²) in [6.45, 7) is 3.11. The Morgan fingerprint density at radius 1 is 1.18 bits per heavy atom. The molecule has 1 aliphatic heterocycles. The molecule has 3 aromatic rings. The van der Waals surface area contributed by atoms with Crippen LogP contribution >= 0.6 is 11.3 Å². The van der Waals surface area contributed by atoms with Gasteiger partial charge in [-0.1, -0.05) is 24.3 Å². The summed E-state index contributed by atoms with van der Waals surface area (Å²) in [6.07, 6.45) is -2.73. The number of aromatic nitrogens is 1. The molecule has 1 aliphatic rings. The number of hydrogen-bond acceptors (Lipinski definition) is 9. The number of hydrogen-bond donors (Lipinski definition) is 1. The Kier molecular flexibility index (Phi) is 6.22. The van der Waals surface area contributed by atoms with E-state index in [0.717, 1.165) is 11.3 Å². The van der Waals surface area contributed by atoms with Crippen molar-refractivity contribution in [1.82, 2.24) is 4.98 Å². The Hall–Kier alpha value is -3.99. The number of thiazole rings is 1. The van der Waals surface area contributed by atoms with Gasteiger partial charge in [-0.25, -0.2) is 9.78 Å². The van der Waals surface area contributed by atoms with Gasteiger partial charge in [-0.2, -0.15) is 0 Å². The number of para-hydroxylation sites is 2. The molecule has 2 heterocycles. The van der Waals surface area contributed by atoms with Crippen LogP contribution in [0.4, 0.5) is 10.8 Å². The largest absolute Gasteiger partial charge is 0.482 e. The van der Waals surface area contributed by atoms with Crippen LogP contribution in [0.3, 0.4) is 0 Å². The highest BCUT2D eigenvalue weighted by atomic mass is 32.1. The molecule has 1 N–H and O–H groups in total. The number of amides is 1. The molecule has 33 heavy (non-hydrogen) atoms. The fourth-order valence-electron chi connectivity index (χ4n) is 3.12. The lowest BCUT2D eigenvalue weighted by atomic mass is 10.1. The summed E-state index contributed by atoms with van der Waals surface area (Å²) in [6, 6.07) is 13.0. The number of benzene rings is 2. The van der Waals surface area contributed by atoms with Gasteiger partial charge in [0.25, 0.3) is 11.6 Å². The number of ether oxygens (including phenoxy) is 3.